The monoisotopic (exact) mass is 253 g/mol. The van der Waals surface area contributed by atoms with Crippen molar-refractivity contribution in [1.29, 1.82) is 0 Å². The van der Waals surface area contributed by atoms with Crippen LogP contribution in [0.15, 0.2) is 23.1 Å². The molecule has 0 aromatic heterocycles. The predicted octanol–water partition coefficient (Wildman–Crippen LogP) is 2.68. The van der Waals surface area contributed by atoms with Crippen LogP contribution in [0.3, 0.4) is 0 Å². The molecule has 3 nitrogen and oxygen atoms in total. The molecular formula is C13H19NO2S. The number of hydrogen-bond acceptors (Lipinski definition) is 4. The molecule has 1 aliphatic rings. The Morgan fingerprint density at radius 2 is 2.00 bits per heavy atom. The Kier molecular flexibility index (Phi) is 4.18. The molecule has 1 heterocycles. The van der Waals surface area contributed by atoms with Crippen LogP contribution in [-0.2, 0) is 0 Å². The molecule has 2 atom stereocenters. The van der Waals surface area contributed by atoms with Gasteiger partial charge < -0.3 is 15.2 Å². The molecule has 1 aliphatic heterocycles. The SMILES string of the molecule is CCC(N)C(C)Sc1ccc2c(c1)OCCO2. The van der Waals surface area contributed by atoms with Crippen LogP contribution in [0.25, 0.3) is 0 Å². The first-order chi connectivity index (χ1) is 8.20. The smallest absolute Gasteiger partial charge is 0.162 e. The minimum Gasteiger partial charge on any atom is -0.486 e. The maximum Gasteiger partial charge on any atom is 0.162 e. The van der Waals surface area contributed by atoms with E-state index in [4.69, 9.17) is 15.2 Å². The molecule has 0 aliphatic carbocycles. The Labute approximate surface area is 107 Å². The summed E-state index contributed by atoms with van der Waals surface area (Å²) in [7, 11) is 0. The van der Waals surface area contributed by atoms with Crippen molar-refractivity contribution < 1.29 is 9.47 Å². The Balaban J connectivity index is 2.06. The van der Waals surface area contributed by atoms with E-state index in [0.717, 1.165) is 17.9 Å². The minimum atomic E-state index is 0.230. The molecule has 0 fully saturated rings. The molecular weight excluding hydrogens is 234 g/mol. The van der Waals surface area contributed by atoms with Crippen molar-refractivity contribution in [3.05, 3.63) is 18.2 Å². The summed E-state index contributed by atoms with van der Waals surface area (Å²) < 4.78 is 11.1. The minimum absolute atomic E-state index is 0.230. The molecule has 2 unspecified atom stereocenters. The van der Waals surface area contributed by atoms with E-state index in [1.165, 1.54) is 4.90 Å². The van der Waals surface area contributed by atoms with Crippen LogP contribution >= 0.6 is 11.8 Å². The first kappa shape index (κ1) is 12.6. The fraction of sp³-hybridized carbons (Fsp3) is 0.538. The van der Waals surface area contributed by atoms with Crippen LogP contribution in [-0.4, -0.2) is 24.5 Å². The zero-order valence-electron chi connectivity index (χ0n) is 10.3. The second-order valence-electron chi connectivity index (χ2n) is 4.20. The van der Waals surface area contributed by atoms with E-state index in [1.807, 2.05) is 12.1 Å². The van der Waals surface area contributed by atoms with Gasteiger partial charge in [-0.25, -0.2) is 0 Å². The van der Waals surface area contributed by atoms with Gasteiger partial charge in [0.2, 0.25) is 0 Å². The van der Waals surface area contributed by atoms with Gasteiger partial charge in [0.25, 0.3) is 0 Å². The van der Waals surface area contributed by atoms with Gasteiger partial charge in [-0.1, -0.05) is 13.8 Å². The van der Waals surface area contributed by atoms with Crippen LogP contribution < -0.4 is 15.2 Å². The van der Waals surface area contributed by atoms with Crippen molar-refractivity contribution in [2.45, 2.75) is 36.5 Å². The highest BCUT2D eigenvalue weighted by atomic mass is 32.2. The summed E-state index contributed by atoms with van der Waals surface area (Å²) in [5, 5.41) is 0.405. The van der Waals surface area contributed by atoms with Crippen molar-refractivity contribution in [3.8, 4) is 11.5 Å². The first-order valence-corrected chi connectivity index (χ1v) is 6.90. The number of ether oxygens (including phenoxy) is 2. The summed E-state index contributed by atoms with van der Waals surface area (Å²) >= 11 is 1.79. The standard InChI is InChI=1S/C13H19NO2S/c1-3-11(14)9(2)17-10-4-5-12-13(8-10)16-7-6-15-12/h4-5,8-9,11H,3,6-7,14H2,1-2H3. The Hall–Kier alpha value is -0.870. The Bertz CT molecular complexity index is 384. The zero-order valence-corrected chi connectivity index (χ0v) is 11.1. The maximum absolute atomic E-state index is 6.03. The third kappa shape index (κ3) is 3.07. The van der Waals surface area contributed by atoms with E-state index in [-0.39, 0.29) is 6.04 Å². The fourth-order valence-electron chi connectivity index (χ4n) is 1.73. The predicted molar refractivity (Wildman–Crippen MR) is 71.0 cm³/mol. The number of benzene rings is 1. The molecule has 0 radical (unpaired) electrons. The van der Waals surface area contributed by atoms with Crippen LogP contribution in [0.5, 0.6) is 11.5 Å². The largest absolute Gasteiger partial charge is 0.486 e. The highest BCUT2D eigenvalue weighted by Gasteiger charge is 2.15. The summed E-state index contributed by atoms with van der Waals surface area (Å²) in [6.45, 7) is 5.54. The third-order valence-electron chi connectivity index (χ3n) is 2.91. The number of hydrogen-bond donors (Lipinski definition) is 1. The molecule has 1 aromatic carbocycles. The Morgan fingerprint density at radius 3 is 2.71 bits per heavy atom. The maximum atomic E-state index is 6.03. The normalized spacial score (nSPS) is 17.6. The quantitative estimate of drug-likeness (QED) is 0.838. The Morgan fingerprint density at radius 1 is 1.29 bits per heavy atom. The number of fused-ring (bicyclic) bond motifs is 1. The third-order valence-corrected chi connectivity index (χ3v) is 4.16. The average Bonchev–Trinajstić information content (AvgIpc) is 2.37. The number of thioether (sulfide) groups is 1. The van der Waals surface area contributed by atoms with Gasteiger partial charge in [0.05, 0.1) is 0 Å². The van der Waals surface area contributed by atoms with Crippen LogP contribution in [0.1, 0.15) is 20.3 Å². The molecule has 17 heavy (non-hydrogen) atoms. The summed E-state index contributed by atoms with van der Waals surface area (Å²) in [5.41, 5.74) is 6.03. The van der Waals surface area contributed by atoms with Crippen molar-refractivity contribution in [2.75, 3.05) is 13.2 Å². The van der Waals surface area contributed by atoms with E-state index < -0.39 is 0 Å². The van der Waals surface area contributed by atoms with Gasteiger partial charge in [-0.3, -0.25) is 0 Å². The van der Waals surface area contributed by atoms with E-state index in [0.29, 0.717) is 18.5 Å². The molecule has 0 spiro atoms. The first-order valence-electron chi connectivity index (χ1n) is 6.02. The summed E-state index contributed by atoms with van der Waals surface area (Å²) in [6.07, 6.45) is 0.999. The van der Waals surface area contributed by atoms with Crippen molar-refractivity contribution in [1.82, 2.24) is 0 Å². The molecule has 0 saturated carbocycles. The summed E-state index contributed by atoms with van der Waals surface area (Å²) in [5.74, 6) is 1.69. The summed E-state index contributed by atoms with van der Waals surface area (Å²) in [4.78, 5) is 1.19. The van der Waals surface area contributed by atoms with Crippen LogP contribution in [0.2, 0.25) is 0 Å². The van der Waals surface area contributed by atoms with Gasteiger partial charge in [-0.15, -0.1) is 11.8 Å². The number of nitrogens with two attached hydrogens (primary N) is 1. The van der Waals surface area contributed by atoms with Gasteiger partial charge in [0.15, 0.2) is 11.5 Å². The second-order valence-corrected chi connectivity index (χ2v) is 5.65. The van der Waals surface area contributed by atoms with Gasteiger partial charge in [0.1, 0.15) is 13.2 Å². The molecule has 2 rings (SSSR count). The van der Waals surface area contributed by atoms with Crippen LogP contribution in [0, 0.1) is 0 Å². The van der Waals surface area contributed by atoms with Gasteiger partial charge >= 0.3 is 0 Å². The zero-order chi connectivity index (χ0) is 12.3. The molecule has 0 saturated heterocycles. The van der Waals surface area contributed by atoms with Gasteiger partial charge in [0, 0.05) is 16.2 Å². The van der Waals surface area contributed by atoms with E-state index in [2.05, 4.69) is 19.9 Å². The van der Waals surface area contributed by atoms with E-state index in [9.17, 15) is 0 Å². The van der Waals surface area contributed by atoms with E-state index in [1.54, 1.807) is 11.8 Å². The molecule has 0 amide bonds. The lowest BCUT2D eigenvalue weighted by Gasteiger charge is -2.21. The molecule has 0 bridgehead atoms. The van der Waals surface area contributed by atoms with Crippen LogP contribution in [0.4, 0.5) is 0 Å². The molecule has 2 N–H and O–H groups in total. The van der Waals surface area contributed by atoms with E-state index >= 15 is 0 Å². The topological polar surface area (TPSA) is 44.5 Å². The molecule has 94 valence electrons. The lowest BCUT2D eigenvalue weighted by Crippen LogP contribution is -2.29. The lowest BCUT2D eigenvalue weighted by molar-refractivity contribution is 0.171. The van der Waals surface area contributed by atoms with Crippen molar-refractivity contribution in [3.63, 3.8) is 0 Å². The highest BCUT2D eigenvalue weighted by Crippen LogP contribution is 2.35. The van der Waals surface area contributed by atoms with Gasteiger partial charge in [-0.05, 0) is 24.6 Å². The molecule has 1 aromatic rings. The average molecular weight is 253 g/mol. The van der Waals surface area contributed by atoms with Gasteiger partial charge in [-0.2, -0.15) is 0 Å². The molecule has 4 heteroatoms. The summed E-state index contributed by atoms with van der Waals surface area (Å²) in [6, 6.07) is 6.31. The second kappa shape index (κ2) is 5.65. The van der Waals surface area contributed by atoms with Crippen molar-refractivity contribution >= 4 is 11.8 Å². The highest BCUT2D eigenvalue weighted by molar-refractivity contribution is 8.00. The number of rotatable bonds is 4. The fourth-order valence-corrected chi connectivity index (χ4v) is 2.85. The lowest BCUT2D eigenvalue weighted by atomic mass is 10.2. The van der Waals surface area contributed by atoms with Crippen molar-refractivity contribution in [2.24, 2.45) is 5.73 Å².